The number of likely N-dealkylation sites (tertiary alicyclic amines) is 1. The lowest BCUT2D eigenvalue weighted by Gasteiger charge is -2.45. The Morgan fingerprint density at radius 2 is 1.59 bits per heavy atom. The molecule has 29 heavy (non-hydrogen) atoms. The molecule has 2 aliphatic rings. The lowest BCUT2D eigenvalue weighted by Crippen LogP contribution is -2.46. The van der Waals surface area contributed by atoms with E-state index in [1.807, 2.05) is 27.7 Å². The van der Waals surface area contributed by atoms with Crippen molar-refractivity contribution in [3.05, 3.63) is 29.8 Å². The number of nitrogens with zero attached hydrogens (tertiary/aromatic N) is 1. The molecule has 0 N–H and O–H groups in total. The largest absolute Gasteiger partial charge is 0.444 e. The molecule has 162 valence electrons. The second kappa shape index (κ2) is 8.26. The summed E-state index contributed by atoms with van der Waals surface area (Å²) >= 11 is 0. The van der Waals surface area contributed by atoms with E-state index in [2.05, 4.69) is 0 Å². The van der Waals surface area contributed by atoms with Gasteiger partial charge in [0.05, 0.1) is 11.0 Å². The first kappa shape index (κ1) is 22.1. The van der Waals surface area contributed by atoms with E-state index in [9.17, 15) is 13.2 Å². The zero-order chi connectivity index (χ0) is 21.3. The predicted octanol–water partition coefficient (Wildman–Crippen LogP) is 4.66. The Balaban J connectivity index is 1.51. The number of ether oxygens (including phenoxy) is 1. The summed E-state index contributed by atoms with van der Waals surface area (Å²) in [5.74, 6) is 0. The summed E-state index contributed by atoms with van der Waals surface area (Å²) in [6.07, 6.45) is 4.69. The van der Waals surface area contributed by atoms with Crippen LogP contribution in [0.3, 0.4) is 0 Å². The molecule has 1 spiro atoms. The van der Waals surface area contributed by atoms with Crippen molar-refractivity contribution in [1.29, 1.82) is 0 Å². The van der Waals surface area contributed by atoms with Crippen LogP contribution in [-0.4, -0.2) is 44.2 Å². The fraction of sp³-hybridized carbons (Fsp3) is 0.682. The van der Waals surface area contributed by atoms with Crippen LogP contribution in [0.2, 0.25) is 0 Å². The Kier molecular flexibility index (Phi) is 6.30. The normalized spacial score (nSPS) is 20.6. The molecule has 1 aromatic carbocycles. The highest BCUT2D eigenvalue weighted by atomic mass is 32.2. The number of aryl methyl sites for hydroxylation is 1. The third-order valence-electron chi connectivity index (χ3n) is 6.04. The maximum absolute atomic E-state index is 12.5. The molecular formula is C22H33NO5S. The van der Waals surface area contributed by atoms with Crippen molar-refractivity contribution >= 4 is 16.2 Å². The van der Waals surface area contributed by atoms with Crippen molar-refractivity contribution in [2.24, 2.45) is 5.41 Å². The van der Waals surface area contributed by atoms with E-state index in [0.717, 1.165) is 44.1 Å². The van der Waals surface area contributed by atoms with Crippen molar-refractivity contribution in [3.8, 4) is 0 Å². The van der Waals surface area contributed by atoms with Gasteiger partial charge in [-0.05, 0) is 83.8 Å². The number of hydrogen-bond acceptors (Lipinski definition) is 5. The summed E-state index contributed by atoms with van der Waals surface area (Å²) in [6, 6.07) is 6.76. The summed E-state index contributed by atoms with van der Waals surface area (Å²) < 4.78 is 36.1. The van der Waals surface area contributed by atoms with Gasteiger partial charge in [-0.2, -0.15) is 8.42 Å². The Morgan fingerprint density at radius 3 is 2.10 bits per heavy atom. The van der Waals surface area contributed by atoms with E-state index in [1.54, 1.807) is 29.2 Å². The molecule has 0 aromatic heterocycles. The second-order valence-electron chi connectivity index (χ2n) is 9.53. The van der Waals surface area contributed by atoms with Crippen LogP contribution in [0.15, 0.2) is 29.2 Å². The fourth-order valence-corrected chi connectivity index (χ4v) is 5.36. The van der Waals surface area contributed by atoms with Crippen molar-refractivity contribution in [2.75, 3.05) is 13.1 Å². The second-order valence-corrected chi connectivity index (χ2v) is 11.1. The van der Waals surface area contributed by atoms with Crippen molar-refractivity contribution < 1.29 is 22.1 Å². The quantitative estimate of drug-likeness (QED) is 0.661. The van der Waals surface area contributed by atoms with E-state index in [-0.39, 0.29) is 22.5 Å². The number of piperidine rings is 1. The van der Waals surface area contributed by atoms with Gasteiger partial charge in [0, 0.05) is 13.1 Å². The monoisotopic (exact) mass is 423 g/mol. The van der Waals surface area contributed by atoms with Gasteiger partial charge in [0.25, 0.3) is 10.1 Å². The van der Waals surface area contributed by atoms with Crippen LogP contribution < -0.4 is 0 Å². The van der Waals surface area contributed by atoms with Gasteiger partial charge in [0.2, 0.25) is 0 Å². The fourth-order valence-electron chi connectivity index (χ4n) is 4.23. The minimum Gasteiger partial charge on any atom is -0.444 e. The third kappa shape index (κ3) is 5.72. The maximum atomic E-state index is 12.5. The lowest BCUT2D eigenvalue weighted by molar-refractivity contribution is -0.00418. The highest BCUT2D eigenvalue weighted by Crippen LogP contribution is 2.45. The molecule has 0 atom stereocenters. The molecule has 1 heterocycles. The van der Waals surface area contributed by atoms with Crippen molar-refractivity contribution in [1.82, 2.24) is 4.90 Å². The molecule has 1 amide bonds. The molecule has 6 nitrogen and oxygen atoms in total. The number of benzene rings is 1. The molecule has 1 aliphatic carbocycles. The van der Waals surface area contributed by atoms with Crippen LogP contribution in [-0.2, 0) is 19.0 Å². The molecule has 0 unspecified atom stereocenters. The van der Waals surface area contributed by atoms with E-state index in [1.165, 1.54) is 0 Å². The van der Waals surface area contributed by atoms with E-state index in [0.29, 0.717) is 13.1 Å². The molecule has 2 fully saturated rings. The molecule has 1 saturated heterocycles. The summed E-state index contributed by atoms with van der Waals surface area (Å²) in [4.78, 5) is 14.3. The first-order valence-corrected chi connectivity index (χ1v) is 11.9. The van der Waals surface area contributed by atoms with Crippen LogP contribution in [0, 0.1) is 12.3 Å². The van der Waals surface area contributed by atoms with Gasteiger partial charge in [-0.25, -0.2) is 4.79 Å². The van der Waals surface area contributed by atoms with E-state index < -0.39 is 15.7 Å². The number of carbonyl (C=O) groups is 1. The third-order valence-corrected chi connectivity index (χ3v) is 7.42. The Labute approximate surface area is 174 Å². The SMILES string of the molecule is Cc1ccc(S(=O)(=O)OC2CCC3(CC2)CCN(C(=O)OC(C)(C)C)CC3)cc1. The van der Waals surface area contributed by atoms with Gasteiger partial charge in [-0.1, -0.05) is 17.7 Å². The van der Waals surface area contributed by atoms with Crippen LogP contribution in [0.25, 0.3) is 0 Å². The summed E-state index contributed by atoms with van der Waals surface area (Å²) in [7, 11) is -3.73. The van der Waals surface area contributed by atoms with Crippen LogP contribution in [0.5, 0.6) is 0 Å². The molecule has 0 bridgehead atoms. The summed E-state index contributed by atoms with van der Waals surface area (Å²) in [5, 5.41) is 0. The molecule has 1 saturated carbocycles. The number of hydrogen-bond donors (Lipinski definition) is 0. The van der Waals surface area contributed by atoms with Gasteiger partial charge in [-0.3, -0.25) is 4.18 Å². The van der Waals surface area contributed by atoms with Crippen LogP contribution >= 0.6 is 0 Å². The summed E-state index contributed by atoms with van der Waals surface area (Å²) in [5.41, 5.74) is 0.720. The van der Waals surface area contributed by atoms with Crippen molar-refractivity contribution in [3.63, 3.8) is 0 Å². The molecule has 3 rings (SSSR count). The minimum absolute atomic E-state index is 0.187. The minimum atomic E-state index is -3.73. The zero-order valence-electron chi connectivity index (χ0n) is 17.9. The predicted molar refractivity (Wildman–Crippen MR) is 111 cm³/mol. The highest BCUT2D eigenvalue weighted by Gasteiger charge is 2.41. The molecule has 1 aliphatic heterocycles. The van der Waals surface area contributed by atoms with Crippen LogP contribution in [0.1, 0.15) is 64.9 Å². The summed E-state index contributed by atoms with van der Waals surface area (Å²) in [6.45, 7) is 8.95. The molecule has 7 heteroatoms. The topological polar surface area (TPSA) is 72.9 Å². The number of carbonyl (C=O) groups excluding carboxylic acids is 1. The Bertz CT molecular complexity index is 808. The number of amides is 1. The van der Waals surface area contributed by atoms with E-state index in [4.69, 9.17) is 8.92 Å². The maximum Gasteiger partial charge on any atom is 0.410 e. The smallest absolute Gasteiger partial charge is 0.410 e. The number of rotatable bonds is 3. The van der Waals surface area contributed by atoms with Gasteiger partial charge in [0.15, 0.2) is 0 Å². The van der Waals surface area contributed by atoms with Gasteiger partial charge >= 0.3 is 6.09 Å². The van der Waals surface area contributed by atoms with Crippen molar-refractivity contribution in [2.45, 2.75) is 82.8 Å². The average Bonchev–Trinajstić information content (AvgIpc) is 2.63. The molecule has 1 aromatic rings. The first-order chi connectivity index (χ1) is 13.5. The van der Waals surface area contributed by atoms with Crippen LogP contribution in [0.4, 0.5) is 4.79 Å². The standard InChI is InChI=1S/C22H33NO5S/c1-17-5-7-19(8-6-17)29(25,26)28-18-9-11-22(12-10-18)13-15-23(16-14-22)20(24)27-21(2,3)4/h5-8,18H,9-16H2,1-4H3. The highest BCUT2D eigenvalue weighted by molar-refractivity contribution is 7.86. The van der Waals surface area contributed by atoms with Gasteiger partial charge in [0.1, 0.15) is 5.60 Å². The average molecular weight is 424 g/mol. The molecule has 0 radical (unpaired) electrons. The van der Waals surface area contributed by atoms with Gasteiger partial charge in [-0.15, -0.1) is 0 Å². The zero-order valence-corrected chi connectivity index (χ0v) is 18.8. The Hall–Kier alpha value is -1.60. The first-order valence-electron chi connectivity index (χ1n) is 10.5. The Morgan fingerprint density at radius 1 is 1.03 bits per heavy atom. The lowest BCUT2D eigenvalue weighted by atomic mass is 9.67. The van der Waals surface area contributed by atoms with Gasteiger partial charge < -0.3 is 9.64 Å². The van der Waals surface area contributed by atoms with E-state index >= 15 is 0 Å². The molecular weight excluding hydrogens is 390 g/mol.